The third-order valence-corrected chi connectivity index (χ3v) is 4.32. The van der Waals surface area contributed by atoms with Gasteiger partial charge < -0.3 is 9.73 Å². The number of fused-ring (bicyclic) bond motifs is 1. The molecule has 0 atom stereocenters. The van der Waals surface area contributed by atoms with E-state index in [-0.39, 0.29) is 0 Å². The lowest BCUT2D eigenvalue weighted by Crippen LogP contribution is -2.13. The molecule has 0 radical (unpaired) electrons. The maximum Gasteiger partial charge on any atom is 0.114 e. The first-order chi connectivity index (χ1) is 10.4. The highest BCUT2D eigenvalue weighted by molar-refractivity contribution is 7.98. The van der Waals surface area contributed by atoms with Crippen LogP contribution in [0, 0.1) is 0 Å². The van der Waals surface area contributed by atoms with Gasteiger partial charge in [0.15, 0.2) is 0 Å². The number of para-hydroxylation sites is 1. The van der Waals surface area contributed by atoms with Crippen molar-refractivity contribution in [1.29, 1.82) is 0 Å². The fraction of sp³-hybridized carbons (Fsp3) is 0.235. The largest absolute Gasteiger partial charge is 0.468 e. The van der Waals surface area contributed by atoms with Crippen molar-refractivity contribution >= 4 is 22.7 Å². The summed E-state index contributed by atoms with van der Waals surface area (Å²) in [6.07, 6.45) is 1.71. The van der Waals surface area contributed by atoms with Crippen LogP contribution in [0.2, 0.25) is 0 Å². The van der Waals surface area contributed by atoms with Crippen LogP contribution < -0.4 is 5.32 Å². The molecule has 0 bridgehead atoms. The zero-order chi connectivity index (χ0) is 14.5. The quantitative estimate of drug-likeness (QED) is 0.691. The first kappa shape index (κ1) is 14.2. The zero-order valence-electron chi connectivity index (χ0n) is 12.0. The van der Waals surface area contributed by atoms with Gasteiger partial charge in [0.25, 0.3) is 0 Å². The minimum atomic E-state index is 0.803. The number of hydrogen-bond acceptors (Lipinski definition) is 4. The second-order valence-electron chi connectivity index (χ2n) is 4.79. The zero-order valence-corrected chi connectivity index (χ0v) is 12.8. The van der Waals surface area contributed by atoms with Gasteiger partial charge in [-0.1, -0.05) is 36.9 Å². The van der Waals surface area contributed by atoms with Gasteiger partial charge in [-0.05, 0) is 36.4 Å². The van der Waals surface area contributed by atoms with Gasteiger partial charge in [-0.25, -0.2) is 4.98 Å². The molecule has 0 unspecified atom stereocenters. The Hall–Kier alpha value is -1.78. The predicted octanol–water partition coefficient (Wildman–Crippen LogP) is 4.23. The van der Waals surface area contributed by atoms with E-state index in [1.54, 1.807) is 18.0 Å². The Balaban J connectivity index is 1.89. The van der Waals surface area contributed by atoms with E-state index < -0.39 is 0 Å². The molecule has 3 aromatic rings. The number of aromatic nitrogens is 1. The molecule has 0 spiro atoms. The molecular formula is C17H18N2OS. The average Bonchev–Trinajstić information content (AvgIpc) is 3.04. The number of furan rings is 1. The van der Waals surface area contributed by atoms with Crippen LogP contribution in [0.25, 0.3) is 10.9 Å². The summed E-state index contributed by atoms with van der Waals surface area (Å²) in [5, 5.41) is 5.65. The van der Waals surface area contributed by atoms with Gasteiger partial charge in [0.1, 0.15) is 10.8 Å². The molecule has 0 aliphatic rings. The van der Waals surface area contributed by atoms with E-state index in [9.17, 15) is 0 Å². The van der Waals surface area contributed by atoms with Gasteiger partial charge in [-0.3, -0.25) is 0 Å². The summed E-state index contributed by atoms with van der Waals surface area (Å²) in [6, 6.07) is 14.4. The van der Waals surface area contributed by atoms with Gasteiger partial charge in [-0.2, -0.15) is 0 Å². The maximum absolute atomic E-state index is 5.40. The molecule has 1 aromatic carbocycles. The van der Waals surface area contributed by atoms with Crippen LogP contribution in [-0.4, -0.2) is 11.5 Å². The van der Waals surface area contributed by atoms with Crippen LogP contribution in [0.1, 0.15) is 18.2 Å². The van der Waals surface area contributed by atoms with E-state index in [4.69, 9.17) is 9.40 Å². The fourth-order valence-electron chi connectivity index (χ4n) is 2.19. The van der Waals surface area contributed by atoms with E-state index in [0.717, 1.165) is 35.1 Å². The summed E-state index contributed by atoms with van der Waals surface area (Å²) in [4.78, 5) is 4.81. The molecule has 4 heteroatoms. The Morgan fingerprint density at radius 1 is 1.19 bits per heavy atom. The average molecular weight is 298 g/mol. The number of benzene rings is 1. The number of rotatable bonds is 6. The lowest BCUT2D eigenvalue weighted by molar-refractivity contribution is 0.530. The summed E-state index contributed by atoms with van der Waals surface area (Å²) in [5.74, 6) is 1.78. The minimum absolute atomic E-state index is 0.803. The van der Waals surface area contributed by atoms with E-state index in [1.807, 2.05) is 18.2 Å². The second-order valence-corrected chi connectivity index (χ2v) is 5.76. The Morgan fingerprint density at radius 3 is 2.90 bits per heavy atom. The molecule has 3 nitrogen and oxygen atoms in total. The molecule has 0 saturated carbocycles. The van der Waals surface area contributed by atoms with Crippen LogP contribution in [0.15, 0.2) is 58.2 Å². The Labute approximate surface area is 128 Å². The molecular weight excluding hydrogens is 280 g/mol. The van der Waals surface area contributed by atoms with Gasteiger partial charge >= 0.3 is 0 Å². The van der Waals surface area contributed by atoms with Gasteiger partial charge in [0, 0.05) is 11.9 Å². The van der Waals surface area contributed by atoms with Gasteiger partial charge in [-0.15, -0.1) is 0 Å². The highest BCUT2D eigenvalue weighted by atomic mass is 32.2. The predicted molar refractivity (Wildman–Crippen MR) is 87.4 cm³/mol. The van der Waals surface area contributed by atoms with Gasteiger partial charge in [0.05, 0.1) is 17.5 Å². The number of nitrogens with one attached hydrogen (secondary N) is 1. The van der Waals surface area contributed by atoms with Crippen LogP contribution in [0.5, 0.6) is 0 Å². The van der Waals surface area contributed by atoms with Crippen LogP contribution >= 0.6 is 11.8 Å². The first-order valence-electron chi connectivity index (χ1n) is 7.11. The van der Waals surface area contributed by atoms with Crippen molar-refractivity contribution in [2.45, 2.75) is 24.2 Å². The van der Waals surface area contributed by atoms with Crippen molar-refractivity contribution in [3.63, 3.8) is 0 Å². The van der Waals surface area contributed by atoms with Crippen LogP contribution in [-0.2, 0) is 12.3 Å². The van der Waals surface area contributed by atoms with Gasteiger partial charge in [0.2, 0.25) is 0 Å². The lowest BCUT2D eigenvalue weighted by atomic mass is 10.1. The van der Waals surface area contributed by atoms with Crippen LogP contribution in [0.4, 0.5) is 0 Å². The summed E-state index contributed by atoms with van der Waals surface area (Å²) in [5.41, 5.74) is 2.28. The Kier molecular flexibility index (Phi) is 4.58. The molecule has 2 aromatic heterocycles. The smallest absolute Gasteiger partial charge is 0.114 e. The molecule has 21 heavy (non-hydrogen) atoms. The number of nitrogens with zero attached hydrogens (tertiary/aromatic N) is 1. The Morgan fingerprint density at radius 2 is 2.10 bits per heavy atom. The molecule has 108 valence electrons. The molecule has 0 aliphatic heterocycles. The monoisotopic (exact) mass is 298 g/mol. The Bertz CT molecular complexity index is 710. The molecule has 3 rings (SSSR count). The topological polar surface area (TPSA) is 38.1 Å². The summed E-state index contributed by atoms with van der Waals surface area (Å²) in [7, 11) is 0. The third kappa shape index (κ3) is 3.46. The number of thioether (sulfide) groups is 1. The van der Waals surface area contributed by atoms with E-state index in [1.165, 1.54) is 10.9 Å². The molecule has 0 amide bonds. The van der Waals surface area contributed by atoms with Crippen molar-refractivity contribution < 1.29 is 4.42 Å². The molecule has 0 saturated heterocycles. The van der Waals surface area contributed by atoms with Crippen molar-refractivity contribution in [2.75, 3.05) is 6.54 Å². The van der Waals surface area contributed by atoms with Crippen molar-refractivity contribution in [1.82, 2.24) is 10.3 Å². The standard InChI is InChI=1S/C17H18N2OS/c1-2-18-11-14-10-13-6-3-4-8-16(13)19-17(14)21-12-15-7-5-9-20-15/h3-10,18H,2,11-12H2,1H3. The molecule has 1 N–H and O–H groups in total. The fourth-order valence-corrected chi connectivity index (χ4v) is 3.11. The lowest BCUT2D eigenvalue weighted by Gasteiger charge is -2.10. The second kappa shape index (κ2) is 6.78. The van der Waals surface area contributed by atoms with Crippen molar-refractivity contribution in [2.24, 2.45) is 0 Å². The summed E-state index contributed by atoms with van der Waals surface area (Å²) < 4.78 is 5.40. The van der Waals surface area contributed by atoms with E-state index in [0.29, 0.717) is 0 Å². The summed E-state index contributed by atoms with van der Waals surface area (Å²) >= 11 is 1.73. The molecule has 2 heterocycles. The van der Waals surface area contributed by atoms with Crippen LogP contribution in [0.3, 0.4) is 0 Å². The first-order valence-corrected chi connectivity index (χ1v) is 8.10. The number of pyridine rings is 1. The maximum atomic E-state index is 5.40. The molecule has 0 aliphatic carbocycles. The molecule has 0 fully saturated rings. The van der Waals surface area contributed by atoms with Crippen molar-refractivity contribution in [3.8, 4) is 0 Å². The summed E-state index contributed by atoms with van der Waals surface area (Å²) in [6.45, 7) is 3.91. The number of hydrogen-bond donors (Lipinski definition) is 1. The van der Waals surface area contributed by atoms with E-state index >= 15 is 0 Å². The highest BCUT2D eigenvalue weighted by Gasteiger charge is 2.08. The normalized spacial score (nSPS) is 11.1. The minimum Gasteiger partial charge on any atom is -0.468 e. The highest BCUT2D eigenvalue weighted by Crippen LogP contribution is 2.27. The third-order valence-electron chi connectivity index (χ3n) is 3.26. The SMILES string of the molecule is CCNCc1cc2ccccc2nc1SCc1ccco1. The van der Waals surface area contributed by atoms with E-state index in [2.05, 4.69) is 36.5 Å². The van der Waals surface area contributed by atoms with Crippen molar-refractivity contribution in [3.05, 3.63) is 60.1 Å².